The molecule has 4 nitrogen and oxygen atoms in total. The van der Waals surface area contributed by atoms with Crippen molar-refractivity contribution in [2.24, 2.45) is 5.41 Å². The number of nitrogen functional groups attached to an aromatic ring is 1. The van der Waals surface area contributed by atoms with Crippen LogP contribution in [0.5, 0.6) is 0 Å². The van der Waals surface area contributed by atoms with Crippen LogP contribution in [-0.4, -0.2) is 15.0 Å². The summed E-state index contributed by atoms with van der Waals surface area (Å²) in [5.41, 5.74) is 4.80. The van der Waals surface area contributed by atoms with Gasteiger partial charge in [0.25, 0.3) is 0 Å². The smallest absolute Gasteiger partial charge is 0.243 e. The molecule has 1 aliphatic carbocycles. The van der Waals surface area contributed by atoms with Crippen LogP contribution in [0.2, 0.25) is 0 Å². The third-order valence-corrected chi connectivity index (χ3v) is 5.26. The Balaban J connectivity index is 2.20. The summed E-state index contributed by atoms with van der Waals surface area (Å²) >= 11 is 0. The van der Waals surface area contributed by atoms with Crippen molar-refractivity contribution in [1.82, 2.24) is 4.72 Å². The Hall–Kier alpha value is -1.21. The number of nitrogens with one attached hydrogen (secondary N) is 1. The van der Waals surface area contributed by atoms with Crippen LogP contribution in [0.1, 0.15) is 32.6 Å². The molecule has 0 atom stereocenters. The molecule has 0 aliphatic heterocycles. The standard InChI is InChI=1S/C13H18F2N2O2S/c1-13(4-2-3-5-13)8-17-20(18,19)12-7-11(16)9(14)6-10(12)15/h6-7,17H,2-5,8,16H2,1H3. The minimum Gasteiger partial charge on any atom is -0.396 e. The molecule has 3 N–H and O–H groups in total. The number of hydrogen-bond donors (Lipinski definition) is 2. The van der Waals surface area contributed by atoms with Gasteiger partial charge in [-0.1, -0.05) is 19.8 Å². The fraction of sp³-hybridized carbons (Fsp3) is 0.538. The quantitative estimate of drug-likeness (QED) is 0.839. The Morgan fingerprint density at radius 1 is 1.25 bits per heavy atom. The van der Waals surface area contributed by atoms with Crippen LogP contribution in [0.4, 0.5) is 14.5 Å². The second kappa shape index (κ2) is 5.29. The topological polar surface area (TPSA) is 72.2 Å². The maximum Gasteiger partial charge on any atom is 0.243 e. The molecule has 0 radical (unpaired) electrons. The van der Waals surface area contributed by atoms with Crippen LogP contribution >= 0.6 is 0 Å². The van der Waals surface area contributed by atoms with Crippen LogP contribution in [0.25, 0.3) is 0 Å². The normalized spacial score (nSPS) is 18.4. The first-order valence-corrected chi connectivity index (χ1v) is 7.96. The van der Waals surface area contributed by atoms with Crippen LogP contribution in [0.15, 0.2) is 17.0 Å². The summed E-state index contributed by atoms with van der Waals surface area (Å²) < 4.78 is 53.2. The van der Waals surface area contributed by atoms with Gasteiger partial charge >= 0.3 is 0 Å². The summed E-state index contributed by atoms with van der Waals surface area (Å²) in [5, 5.41) is 0. The van der Waals surface area contributed by atoms with E-state index in [9.17, 15) is 17.2 Å². The fourth-order valence-corrected chi connectivity index (χ4v) is 3.79. The van der Waals surface area contributed by atoms with Gasteiger partial charge in [0, 0.05) is 12.6 Å². The number of benzene rings is 1. The molecule has 0 bridgehead atoms. The lowest BCUT2D eigenvalue weighted by molar-refractivity contribution is 0.336. The van der Waals surface area contributed by atoms with Crippen molar-refractivity contribution in [3.63, 3.8) is 0 Å². The van der Waals surface area contributed by atoms with Gasteiger partial charge in [0.2, 0.25) is 10.0 Å². The van der Waals surface area contributed by atoms with E-state index in [1.807, 2.05) is 6.92 Å². The lowest BCUT2D eigenvalue weighted by atomic mass is 9.89. The van der Waals surface area contributed by atoms with Crippen molar-refractivity contribution in [3.05, 3.63) is 23.8 Å². The first-order chi connectivity index (χ1) is 9.23. The zero-order valence-corrected chi connectivity index (χ0v) is 12.1. The molecule has 1 fully saturated rings. The van der Waals surface area contributed by atoms with Gasteiger partial charge in [-0.3, -0.25) is 0 Å². The lowest BCUT2D eigenvalue weighted by Crippen LogP contribution is -2.34. The van der Waals surface area contributed by atoms with E-state index in [-0.39, 0.29) is 17.6 Å². The molecule has 2 rings (SSSR count). The summed E-state index contributed by atoms with van der Waals surface area (Å²) in [7, 11) is -4.03. The largest absolute Gasteiger partial charge is 0.396 e. The first-order valence-electron chi connectivity index (χ1n) is 6.48. The number of hydrogen-bond acceptors (Lipinski definition) is 3. The predicted octanol–water partition coefficient (Wildman–Crippen LogP) is 2.41. The molecule has 112 valence electrons. The predicted molar refractivity (Wildman–Crippen MR) is 72.5 cm³/mol. The average molecular weight is 304 g/mol. The number of halogens is 2. The highest BCUT2D eigenvalue weighted by Gasteiger charge is 2.31. The molecule has 20 heavy (non-hydrogen) atoms. The molecule has 0 aromatic heterocycles. The van der Waals surface area contributed by atoms with E-state index >= 15 is 0 Å². The summed E-state index contributed by atoms with van der Waals surface area (Å²) in [6.45, 7) is 2.24. The number of anilines is 1. The van der Waals surface area contributed by atoms with Crippen molar-refractivity contribution >= 4 is 15.7 Å². The molecule has 0 heterocycles. The zero-order chi connectivity index (χ0) is 15.0. The Morgan fingerprint density at radius 2 is 1.85 bits per heavy atom. The summed E-state index contributed by atoms with van der Waals surface area (Å²) in [6.07, 6.45) is 4.00. The molecule has 0 saturated heterocycles. The molecule has 0 amide bonds. The maximum absolute atomic E-state index is 13.6. The molecule has 1 aliphatic rings. The van der Waals surface area contributed by atoms with Crippen LogP contribution in [0.3, 0.4) is 0 Å². The SMILES string of the molecule is CC1(CNS(=O)(=O)c2cc(N)c(F)cc2F)CCCC1. The average Bonchev–Trinajstić information content (AvgIpc) is 2.79. The van der Waals surface area contributed by atoms with Gasteiger partial charge in [0.05, 0.1) is 5.69 Å². The maximum atomic E-state index is 13.6. The summed E-state index contributed by atoms with van der Waals surface area (Å²) in [5.74, 6) is -2.11. The second-order valence-electron chi connectivity index (χ2n) is 5.65. The van der Waals surface area contributed by atoms with Crippen molar-refractivity contribution in [2.45, 2.75) is 37.5 Å². The van der Waals surface area contributed by atoms with Crippen LogP contribution in [-0.2, 0) is 10.0 Å². The van der Waals surface area contributed by atoms with Gasteiger partial charge in [-0.05, 0) is 24.3 Å². The van der Waals surface area contributed by atoms with Gasteiger partial charge < -0.3 is 5.73 Å². The van der Waals surface area contributed by atoms with Gasteiger partial charge in [-0.2, -0.15) is 0 Å². The van der Waals surface area contributed by atoms with Gasteiger partial charge in [0.15, 0.2) is 0 Å². The summed E-state index contributed by atoms with van der Waals surface area (Å²) in [6, 6.07) is 1.30. The summed E-state index contributed by atoms with van der Waals surface area (Å²) in [4.78, 5) is -0.613. The molecular weight excluding hydrogens is 286 g/mol. The Morgan fingerprint density at radius 3 is 2.45 bits per heavy atom. The van der Waals surface area contributed by atoms with E-state index in [0.29, 0.717) is 6.07 Å². The van der Waals surface area contributed by atoms with E-state index in [1.54, 1.807) is 0 Å². The lowest BCUT2D eigenvalue weighted by Gasteiger charge is -2.23. The van der Waals surface area contributed by atoms with Gasteiger partial charge in [0.1, 0.15) is 16.5 Å². The fourth-order valence-electron chi connectivity index (χ4n) is 2.50. The third-order valence-electron chi connectivity index (χ3n) is 3.84. The van der Waals surface area contributed by atoms with Crippen molar-refractivity contribution in [1.29, 1.82) is 0 Å². The third kappa shape index (κ3) is 3.09. The minimum atomic E-state index is -4.03. The number of rotatable bonds is 4. The molecule has 7 heteroatoms. The van der Waals surface area contributed by atoms with Crippen molar-refractivity contribution in [2.75, 3.05) is 12.3 Å². The Bertz CT molecular complexity index is 611. The molecule has 0 spiro atoms. The minimum absolute atomic E-state index is 0.102. The van der Waals surface area contributed by atoms with Crippen LogP contribution in [0, 0.1) is 17.0 Å². The molecule has 0 unspecified atom stereocenters. The Labute approximate surface area is 117 Å². The number of nitrogens with two attached hydrogens (primary N) is 1. The molecular formula is C13H18F2N2O2S. The zero-order valence-electron chi connectivity index (χ0n) is 11.2. The van der Waals surface area contributed by atoms with Crippen LogP contribution < -0.4 is 10.5 Å². The van der Waals surface area contributed by atoms with E-state index in [4.69, 9.17) is 5.73 Å². The molecule has 1 aromatic rings. The van der Waals surface area contributed by atoms with E-state index < -0.39 is 26.6 Å². The number of sulfonamides is 1. The first kappa shape index (κ1) is 15.2. The highest BCUT2D eigenvalue weighted by Crippen LogP contribution is 2.37. The molecule has 1 aromatic carbocycles. The van der Waals surface area contributed by atoms with E-state index in [2.05, 4.69) is 4.72 Å². The van der Waals surface area contributed by atoms with Crippen molar-refractivity contribution in [3.8, 4) is 0 Å². The highest BCUT2D eigenvalue weighted by atomic mass is 32.2. The monoisotopic (exact) mass is 304 g/mol. The highest BCUT2D eigenvalue weighted by molar-refractivity contribution is 7.89. The van der Waals surface area contributed by atoms with E-state index in [0.717, 1.165) is 31.7 Å². The van der Waals surface area contributed by atoms with Gasteiger partial charge in [-0.25, -0.2) is 21.9 Å². The second-order valence-corrected chi connectivity index (χ2v) is 7.38. The Kier molecular flexibility index (Phi) is 4.02. The van der Waals surface area contributed by atoms with Gasteiger partial charge in [-0.15, -0.1) is 0 Å². The van der Waals surface area contributed by atoms with Crippen molar-refractivity contribution < 1.29 is 17.2 Å². The molecule has 1 saturated carbocycles. The van der Waals surface area contributed by atoms with E-state index in [1.165, 1.54) is 0 Å².